The quantitative estimate of drug-likeness (QED) is 0.761. The van der Waals surface area contributed by atoms with Gasteiger partial charge in [0.1, 0.15) is 4.88 Å². The maximum Gasteiger partial charge on any atom is 0.288 e. The lowest BCUT2D eigenvalue weighted by Crippen LogP contribution is -2.28. The standard InChI is InChI=1S/C12H17F2NO2S2/c1-7(2)8(16)3-5-15-11(17)10-9(4-6-18-10)19-12(13)14/h4,6-8,12,16H,3,5H2,1-2H3,(H,15,17). The minimum Gasteiger partial charge on any atom is -0.393 e. The van der Waals surface area contributed by atoms with Crippen LogP contribution in [0.4, 0.5) is 8.78 Å². The van der Waals surface area contributed by atoms with Gasteiger partial charge in [-0.3, -0.25) is 4.79 Å². The number of hydrogen-bond acceptors (Lipinski definition) is 4. The fourth-order valence-corrected chi connectivity index (χ4v) is 3.02. The van der Waals surface area contributed by atoms with Gasteiger partial charge < -0.3 is 10.4 Å². The molecule has 0 saturated heterocycles. The van der Waals surface area contributed by atoms with Gasteiger partial charge in [-0.25, -0.2) is 0 Å². The highest BCUT2D eigenvalue weighted by molar-refractivity contribution is 7.99. The van der Waals surface area contributed by atoms with Crippen LogP contribution in [-0.4, -0.2) is 29.4 Å². The van der Waals surface area contributed by atoms with Crippen molar-refractivity contribution in [1.82, 2.24) is 5.32 Å². The number of hydrogen-bond donors (Lipinski definition) is 2. The van der Waals surface area contributed by atoms with Crippen LogP contribution in [0.3, 0.4) is 0 Å². The molecule has 0 aliphatic heterocycles. The van der Waals surface area contributed by atoms with E-state index in [0.717, 1.165) is 11.3 Å². The minimum atomic E-state index is -2.54. The molecule has 1 aromatic rings. The zero-order valence-corrected chi connectivity index (χ0v) is 12.4. The van der Waals surface area contributed by atoms with Gasteiger partial charge in [-0.05, 0) is 23.8 Å². The van der Waals surface area contributed by atoms with Crippen molar-refractivity contribution >= 4 is 29.0 Å². The smallest absolute Gasteiger partial charge is 0.288 e. The number of thioether (sulfide) groups is 1. The average Bonchev–Trinajstić information content (AvgIpc) is 2.75. The minimum absolute atomic E-state index is 0.128. The molecular formula is C12H17F2NO2S2. The van der Waals surface area contributed by atoms with Gasteiger partial charge in [-0.15, -0.1) is 11.3 Å². The number of aliphatic hydroxyl groups is 1. The third kappa shape index (κ3) is 5.46. The topological polar surface area (TPSA) is 49.3 Å². The largest absolute Gasteiger partial charge is 0.393 e. The Hall–Kier alpha value is -0.660. The number of carbonyl (C=O) groups is 1. The lowest BCUT2D eigenvalue weighted by Gasteiger charge is -2.14. The molecule has 1 aromatic heterocycles. The summed E-state index contributed by atoms with van der Waals surface area (Å²) in [5, 5.41) is 13.8. The van der Waals surface area contributed by atoms with Gasteiger partial charge in [0.05, 0.1) is 6.10 Å². The van der Waals surface area contributed by atoms with E-state index >= 15 is 0 Å². The first-order valence-corrected chi connectivity index (χ1v) is 7.66. The summed E-state index contributed by atoms with van der Waals surface area (Å²) in [6.45, 7) is 4.11. The summed E-state index contributed by atoms with van der Waals surface area (Å²) in [6, 6.07) is 1.51. The molecule has 2 N–H and O–H groups in total. The van der Waals surface area contributed by atoms with Gasteiger partial charge >= 0.3 is 0 Å². The van der Waals surface area contributed by atoms with Crippen molar-refractivity contribution in [2.24, 2.45) is 5.92 Å². The Morgan fingerprint density at radius 1 is 1.53 bits per heavy atom. The lowest BCUT2D eigenvalue weighted by atomic mass is 10.0. The molecule has 1 amide bonds. The first-order valence-electron chi connectivity index (χ1n) is 5.90. The number of halogens is 2. The van der Waals surface area contributed by atoms with Crippen molar-refractivity contribution in [2.75, 3.05) is 6.54 Å². The van der Waals surface area contributed by atoms with Crippen LogP contribution in [0, 0.1) is 5.92 Å². The highest BCUT2D eigenvalue weighted by Gasteiger charge is 2.17. The third-order valence-corrected chi connectivity index (χ3v) is 4.36. The molecule has 3 nitrogen and oxygen atoms in total. The van der Waals surface area contributed by atoms with Crippen molar-refractivity contribution in [3.8, 4) is 0 Å². The van der Waals surface area contributed by atoms with Gasteiger partial charge in [0.25, 0.3) is 11.7 Å². The van der Waals surface area contributed by atoms with E-state index in [9.17, 15) is 18.7 Å². The van der Waals surface area contributed by atoms with Crippen LogP contribution in [0.15, 0.2) is 16.3 Å². The molecule has 0 aliphatic carbocycles. The highest BCUT2D eigenvalue weighted by atomic mass is 32.2. The Morgan fingerprint density at radius 3 is 2.79 bits per heavy atom. The molecule has 0 aliphatic rings. The predicted molar refractivity (Wildman–Crippen MR) is 74.0 cm³/mol. The van der Waals surface area contributed by atoms with Gasteiger partial charge in [0.15, 0.2) is 0 Å². The van der Waals surface area contributed by atoms with Gasteiger partial charge in [-0.1, -0.05) is 25.6 Å². The van der Waals surface area contributed by atoms with Gasteiger partial charge in [-0.2, -0.15) is 8.78 Å². The summed E-state index contributed by atoms with van der Waals surface area (Å²) in [7, 11) is 0. The maximum atomic E-state index is 12.3. The second-order valence-corrected chi connectivity index (χ2v) is 6.30. The van der Waals surface area contributed by atoms with Crippen LogP contribution >= 0.6 is 23.1 Å². The average molecular weight is 309 g/mol. The molecule has 19 heavy (non-hydrogen) atoms. The van der Waals surface area contributed by atoms with Gasteiger partial charge in [0, 0.05) is 11.4 Å². The molecule has 0 fully saturated rings. The molecule has 108 valence electrons. The van der Waals surface area contributed by atoms with E-state index in [1.807, 2.05) is 13.8 Å². The molecule has 1 rings (SSSR count). The van der Waals surface area contributed by atoms with Crippen molar-refractivity contribution in [1.29, 1.82) is 0 Å². The molecule has 0 saturated carbocycles. The number of aliphatic hydroxyl groups excluding tert-OH is 1. The van der Waals surface area contributed by atoms with E-state index in [4.69, 9.17) is 0 Å². The summed E-state index contributed by atoms with van der Waals surface area (Å²) in [6.07, 6.45) is -0.0231. The lowest BCUT2D eigenvalue weighted by molar-refractivity contribution is 0.0921. The zero-order valence-electron chi connectivity index (χ0n) is 10.7. The van der Waals surface area contributed by atoms with Crippen LogP contribution in [-0.2, 0) is 0 Å². The number of alkyl halides is 2. The summed E-state index contributed by atoms with van der Waals surface area (Å²) in [5.41, 5.74) is 0. The normalized spacial score (nSPS) is 13.0. The maximum absolute atomic E-state index is 12.3. The van der Waals surface area contributed by atoms with Crippen molar-refractivity contribution in [2.45, 2.75) is 37.0 Å². The first-order chi connectivity index (χ1) is 8.91. The number of thiophene rings is 1. The third-order valence-electron chi connectivity index (χ3n) is 2.55. The highest BCUT2D eigenvalue weighted by Crippen LogP contribution is 2.31. The number of nitrogens with one attached hydrogen (secondary N) is 1. The number of amides is 1. The molecule has 7 heteroatoms. The van der Waals surface area contributed by atoms with Crippen LogP contribution in [0.1, 0.15) is 29.9 Å². The van der Waals surface area contributed by atoms with E-state index in [-0.39, 0.29) is 11.8 Å². The second-order valence-electron chi connectivity index (χ2n) is 4.35. The fourth-order valence-electron chi connectivity index (χ4n) is 1.40. The summed E-state index contributed by atoms with van der Waals surface area (Å²) in [5.74, 6) is -2.78. The molecular weight excluding hydrogens is 292 g/mol. The molecule has 1 atom stereocenters. The summed E-state index contributed by atoms with van der Waals surface area (Å²) >= 11 is 1.51. The Kier molecular flexibility index (Phi) is 6.74. The molecule has 0 radical (unpaired) electrons. The van der Waals surface area contributed by atoms with Crippen LogP contribution < -0.4 is 5.32 Å². The van der Waals surface area contributed by atoms with Crippen molar-refractivity contribution in [3.05, 3.63) is 16.3 Å². The van der Waals surface area contributed by atoms with Gasteiger partial charge in [0.2, 0.25) is 0 Å². The van der Waals surface area contributed by atoms with E-state index in [1.165, 1.54) is 6.07 Å². The number of rotatable bonds is 7. The zero-order chi connectivity index (χ0) is 14.4. The predicted octanol–water partition coefficient (Wildman–Crippen LogP) is 3.20. The molecule has 1 heterocycles. The Labute approximate surface area is 119 Å². The Morgan fingerprint density at radius 2 is 2.21 bits per heavy atom. The molecule has 0 aromatic carbocycles. The van der Waals surface area contributed by atoms with Crippen molar-refractivity contribution in [3.63, 3.8) is 0 Å². The number of carbonyl (C=O) groups excluding carboxylic acids is 1. The Bertz CT molecular complexity index is 410. The molecule has 0 spiro atoms. The molecule has 0 bridgehead atoms. The van der Waals surface area contributed by atoms with E-state index in [0.29, 0.717) is 34.5 Å². The van der Waals surface area contributed by atoms with Crippen molar-refractivity contribution < 1.29 is 18.7 Å². The summed E-state index contributed by atoms with van der Waals surface area (Å²) < 4.78 is 24.6. The molecule has 1 unspecified atom stereocenters. The summed E-state index contributed by atoms with van der Waals surface area (Å²) in [4.78, 5) is 12.4. The van der Waals surface area contributed by atoms with Crippen LogP contribution in [0.25, 0.3) is 0 Å². The van der Waals surface area contributed by atoms with Crippen LogP contribution in [0.5, 0.6) is 0 Å². The van der Waals surface area contributed by atoms with E-state index in [2.05, 4.69) is 5.32 Å². The van der Waals surface area contributed by atoms with E-state index in [1.54, 1.807) is 5.38 Å². The first kappa shape index (κ1) is 16.4. The van der Waals surface area contributed by atoms with E-state index < -0.39 is 11.9 Å². The Balaban J connectivity index is 2.48. The van der Waals surface area contributed by atoms with Crippen LogP contribution in [0.2, 0.25) is 0 Å². The SMILES string of the molecule is CC(C)C(O)CCNC(=O)c1sccc1SC(F)F. The monoisotopic (exact) mass is 309 g/mol. The fraction of sp³-hybridized carbons (Fsp3) is 0.583. The second kappa shape index (κ2) is 7.81.